The molecule has 1 saturated carbocycles. The number of rotatable bonds is 4. The highest BCUT2D eigenvalue weighted by atomic mass is 16.3. The number of para-hydroxylation sites is 1. The van der Waals surface area contributed by atoms with Crippen LogP contribution in [0.3, 0.4) is 0 Å². The molecule has 2 N–H and O–H groups in total. The van der Waals surface area contributed by atoms with Crippen LogP contribution in [0.2, 0.25) is 0 Å². The lowest BCUT2D eigenvalue weighted by Gasteiger charge is -2.37. The van der Waals surface area contributed by atoms with E-state index in [0.29, 0.717) is 23.1 Å². The molecule has 1 heterocycles. The highest BCUT2D eigenvalue weighted by Gasteiger charge is 2.29. The predicted octanol–water partition coefficient (Wildman–Crippen LogP) is 1.52. The number of aromatic amines is 1. The summed E-state index contributed by atoms with van der Waals surface area (Å²) in [4.78, 5) is 29.4. The summed E-state index contributed by atoms with van der Waals surface area (Å²) in [5.41, 5.74) is 0.787. The summed E-state index contributed by atoms with van der Waals surface area (Å²) < 4.78 is 0. The van der Waals surface area contributed by atoms with Crippen molar-refractivity contribution in [3.05, 3.63) is 46.2 Å². The average molecular weight is 286 g/mol. The molecule has 1 aromatic heterocycles. The second-order valence-electron chi connectivity index (χ2n) is 5.40. The van der Waals surface area contributed by atoms with Crippen molar-refractivity contribution in [1.82, 2.24) is 9.88 Å². The van der Waals surface area contributed by atoms with Gasteiger partial charge in [-0.15, -0.1) is 0 Å². The van der Waals surface area contributed by atoms with E-state index in [9.17, 15) is 9.59 Å². The maximum atomic E-state index is 12.6. The Morgan fingerprint density at radius 2 is 2.10 bits per heavy atom. The van der Waals surface area contributed by atoms with E-state index in [1.54, 1.807) is 23.1 Å². The van der Waals surface area contributed by atoms with Crippen LogP contribution in [0, 0.1) is 0 Å². The lowest BCUT2D eigenvalue weighted by molar-refractivity contribution is 0.0520. The number of amides is 1. The molecule has 21 heavy (non-hydrogen) atoms. The van der Waals surface area contributed by atoms with Crippen molar-refractivity contribution < 1.29 is 9.90 Å². The largest absolute Gasteiger partial charge is 0.395 e. The highest BCUT2D eigenvalue weighted by molar-refractivity contribution is 5.95. The van der Waals surface area contributed by atoms with E-state index < -0.39 is 0 Å². The number of carbonyl (C=O) groups excluding carboxylic acids is 1. The molecule has 0 bridgehead atoms. The second kappa shape index (κ2) is 5.69. The number of aliphatic hydroxyl groups is 1. The maximum absolute atomic E-state index is 12.6. The Bertz CT molecular complexity index is 719. The summed E-state index contributed by atoms with van der Waals surface area (Å²) >= 11 is 0. The van der Waals surface area contributed by atoms with Gasteiger partial charge in [0.05, 0.1) is 6.61 Å². The van der Waals surface area contributed by atoms with Crippen LogP contribution >= 0.6 is 0 Å². The minimum atomic E-state index is -0.211. The summed E-state index contributed by atoms with van der Waals surface area (Å²) in [6.07, 6.45) is 3.03. The van der Waals surface area contributed by atoms with Crippen molar-refractivity contribution in [1.29, 1.82) is 0 Å². The highest BCUT2D eigenvalue weighted by Crippen LogP contribution is 2.25. The summed E-state index contributed by atoms with van der Waals surface area (Å²) in [6.45, 7) is 0.235. The topological polar surface area (TPSA) is 73.4 Å². The van der Waals surface area contributed by atoms with Crippen molar-refractivity contribution in [2.24, 2.45) is 0 Å². The summed E-state index contributed by atoms with van der Waals surface area (Å²) in [5, 5.41) is 9.74. The zero-order valence-corrected chi connectivity index (χ0v) is 11.7. The van der Waals surface area contributed by atoms with E-state index in [2.05, 4.69) is 4.98 Å². The van der Waals surface area contributed by atoms with Crippen molar-refractivity contribution in [3.63, 3.8) is 0 Å². The van der Waals surface area contributed by atoms with E-state index in [1.165, 1.54) is 6.07 Å². The maximum Gasteiger partial charge on any atom is 0.270 e. The molecule has 1 amide bonds. The van der Waals surface area contributed by atoms with Gasteiger partial charge in [0, 0.05) is 29.6 Å². The molecule has 5 nitrogen and oxygen atoms in total. The van der Waals surface area contributed by atoms with Gasteiger partial charge in [-0.1, -0.05) is 12.1 Å². The number of hydrogen-bond acceptors (Lipinski definition) is 3. The number of H-pyrrole nitrogens is 1. The van der Waals surface area contributed by atoms with Crippen LogP contribution in [-0.4, -0.2) is 40.1 Å². The first-order valence-electron chi connectivity index (χ1n) is 7.24. The van der Waals surface area contributed by atoms with Crippen molar-refractivity contribution in [3.8, 4) is 0 Å². The molecule has 1 aliphatic rings. The first-order chi connectivity index (χ1) is 10.2. The van der Waals surface area contributed by atoms with Gasteiger partial charge in [0.2, 0.25) is 0 Å². The van der Waals surface area contributed by atoms with Crippen LogP contribution in [0.15, 0.2) is 35.1 Å². The van der Waals surface area contributed by atoms with E-state index in [4.69, 9.17) is 5.11 Å². The molecule has 0 aliphatic heterocycles. The Kier molecular flexibility index (Phi) is 3.75. The normalized spacial score (nSPS) is 14.9. The molecule has 0 atom stereocenters. The number of carbonyl (C=O) groups is 1. The zero-order chi connectivity index (χ0) is 14.8. The van der Waals surface area contributed by atoms with Crippen LogP contribution in [-0.2, 0) is 0 Å². The van der Waals surface area contributed by atoms with Crippen LogP contribution in [0.4, 0.5) is 0 Å². The van der Waals surface area contributed by atoms with Gasteiger partial charge in [0.1, 0.15) is 5.69 Å². The Morgan fingerprint density at radius 3 is 2.76 bits per heavy atom. The lowest BCUT2D eigenvalue weighted by Crippen LogP contribution is -2.46. The molecular formula is C16H18N2O3. The fourth-order valence-electron chi connectivity index (χ4n) is 2.72. The predicted molar refractivity (Wildman–Crippen MR) is 80.3 cm³/mol. The smallest absolute Gasteiger partial charge is 0.270 e. The van der Waals surface area contributed by atoms with Gasteiger partial charge in [0.15, 0.2) is 5.43 Å². The molecule has 1 aromatic carbocycles. The van der Waals surface area contributed by atoms with Gasteiger partial charge >= 0.3 is 0 Å². The average Bonchev–Trinajstić information content (AvgIpc) is 2.44. The van der Waals surface area contributed by atoms with Gasteiger partial charge in [0.25, 0.3) is 5.91 Å². The summed E-state index contributed by atoms with van der Waals surface area (Å²) in [5.74, 6) is -0.211. The third kappa shape index (κ3) is 2.56. The number of nitrogens with one attached hydrogen (secondary N) is 1. The third-order valence-electron chi connectivity index (χ3n) is 4.08. The minimum Gasteiger partial charge on any atom is -0.395 e. The fraction of sp³-hybridized carbons (Fsp3) is 0.375. The fourth-order valence-corrected chi connectivity index (χ4v) is 2.72. The number of fused-ring (bicyclic) bond motifs is 1. The Morgan fingerprint density at radius 1 is 1.33 bits per heavy atom. The Labute approximate surface area is 122 Å². The number of hydrogen-bond donors (Lipinski definition) is 2. The van der Waals surface area contributed by atoms with Crippen LogP contribution in [0.1, 0.15) is 29.8 Å². The molecule has 2 aromatic rings. The van der Waals surface area contributed by atoms with E-state index in [1.807, 2.05) is 6.07 Å². The number of benzene rings is 1. The molecule has 0 radical (unpaired) electrons. The van der Waals surface area contributed by atoms with Crippen LogP contribution in [0.5, 0.6) is 0 Å². The van der Waals surface area contributed by atoms with Gasteiger partial charge in [-0.05, 0) is 31.4 Å². The summed E-state index contributed by atoms with van der Waals surface area (Å²) in [7, 11) is 0. The summed E-state index contributed by atoms with van der Waals surface area (Å²) in [6, 6.07) is 8.68. The van der Waals surface area contributed by atoms with Gasteiger partial charge in [-0.25, -0.2) is 0 Å². The van der Waals surface area contributed by atoms with Gasteiger partial charge < -0.3 is 15.0 Å². The standard InChI is InChI=1S/C16H18N2O3/c19-9-8-18(11-4-3-5-11)16(21)14-10-15(20)12-6-1-2-7-13(12)17-14/h1-2,6-7,10-11,19H,3-5,8-9H2,(H,17,20). The third-order valence-corrected chi connectivity index (χ3v) is 4.08. The van der Waals surface area contributed by atoms with E-state index in [-0.39, 0.29) is 24.0 Å². The molecule has 3 rings (SSSR count). The first kappa shape index (κ1) is 13.8. The molecular weight excluding hydrogens is 268 g/mol. The lowest BCUT2D eigenvalue weighted by atomic mass is 9.91. The first-order valence-corrected chi connectivity index (χ1v) is 7.24. The second-order valence-corrected chi connectivity index (χ2v) is 5.40. The molecule has 1 aliphatic carbocycles. The number of nitrogens with zero attached hydrogens (tertiary/aromatic N) is 1. The monoisotopic (exact) mass is 286 g/mol. The molecule has 0 unspecified atom stereocenters. The minimum absolute atomic E-state index is 0.0694. The van der Waals surface area contributed by atoms with Crippen molar-refractivity contribution in [2.45, 2.75) is 25.3 Å². The SMILES string of the molecule is O=C(c1cc(=O)c2ccccc2[nH]1)N(CCO)C1CCC1. The number of aliphatic hydroxyl groups excluding tert-OH is 1. The Hall–Kier alpha value is -2.14. The molecule has 110 valence electrons. The zero-order valence-electron chi connectivity index (χ0n) is 11.7. The Balaban J connectivity index is 1.98. The van der Waals surface area contributed by atoms with E-state index in [0.717, 1.165) is 19.3 Å². The van der Waals surface area contributed by atoms with Gasteiger partial charge in [-0.2, -0.15) is 0 Å². The van der Waals surface area contributed by atoms with Crippen molar-refractivity contribution in [2.75, 3.05) is 13.2 Å². The molecule has 0 saturated heterocycles. The molecule has 5 heteroatoms. The molecule has 0 spiro atoms. The number of pyridine rings is 1. The quantitative estimate of drug-likeness (QED) is 0.895. The number of aromatic nitrogens is 1. The molecule has 1 fully saturated rings. The van der Waals surface area contributed by atoms with Crippen molar-refractivity contribution >= 4 is 16.8 Å². The van der Waals surface area contributed by atoms with Gasteiger partial charge in [-0.3, -0.25) is 9.59 Å². The van der Waals surface area contributed by atoms with E-state index >= 15 is 0 Å². The van der Waals surface area contributed by atoms with Crippen LogP contribution in [0.25, 0.3) is 10.9 Å². The van der Waals surface area contributed by atoms with Crippen LogP contribution < -0.4 is 5.43 Å².